The first-order valence-corrected chi connectivity index (χ1v) is 12.8. The first-order chi connectivity index (χ1) is 14.0. The third-order valence-corrected chi connectivity index (χ3v) is 6.90. The summed E-state index contributed by atoms with van der Waals surface area (Å²) in [4.78, 5) is 3.87. The molecule has 0 aliphatic rings. The van der Waals surface area contributed by atoms with E-state index in [0.717, 1.165) is 23.3 Å². The first kappa shape index (κ1) is 22.4. The molecule has 12 nitrogen and oxygen atoms in total. The first-order valence-electron chi connectivity index (χ1n) is 7.99. The van der Waals surface area contributed by atoms with Crippen molar-refractivity contribution in [3.63, 3.8) is 0 Å². The molecule has 2 aromatic heterocycles. The van der Waals surface area contributed by atoms with Gasteiger partial charge < -0.3 is 0 Å². The van der Waals surface area contributed by atoms with Gasteiger partial charge >= 0.3 is 0 Å². The molecule has 0 saturated carbocycles. The van der Waals surface area contributed by atoms with Crippen LogP contribution < -0.4 is 0 Å². The van der Waals surface area contributed by atoms with Crippen molar-refractivity contribution in [2.24, 2.45) is 10.2 Å². The van der Waals surface area contributed by atoms with Gasteiger partial charge in [0.15, 0.2) is 0 Å². The van der Waals surface area contributed by atoms with Crippen LogP contribution in [0.2, 0.25) is 0 Å². The van der Waals surface area contributed by atoms with Crippen molar-refractivity contribution in [2.45, 2.75) is 17.0 Å². The van der Waals surface area contributed by atoms with E-state index < -0.39 is 26.0 Å². The Kier molecular flexibility index (Phi) is 6.63. The average molecular weight is 491 g/mol. The Labute approximate surface area is 179 Å². The molecule has 1 aromatic carbocycles. The van der Waals surface area contributed by atoms with E-state index in [9.17, 15) is 16.8 Å². The van der Waals surface area contributed by atoms with Gasteiger partial charge in [0.25, 0.3) is 20.2 Å². The highest BCUT2D eigenvalue weighted by molar-refractivity contribution is 8.00. The molecule has 0 atom stereocenters. The summed E-state index contributed by atoms with van der Waals surface area (Å²) in [7, 11) is -8.31. The van der Waals surface area contributed by atoms with Gasteiger partial charge in [0.1, 0.15) is 5.69 Å². The van der Waals surface area contributed by atoms with Crippen LogP contribution in [0.1, 0.15) is 5.69 Å². The van der Waals surface area contributed by atoms with Gasteiger partial charge in [0, 0.05) is 17.3 Å². The van der Waals surface area contributed by atoms with Crippen molar-refractivity contribution < 1.29 is 25.9 Å². The lowest BCUT2D eigenvalue weighted by atomic mass is 10.3. The monoisotopic (exact) mass is 490 g/mol. The second-order valence-corrected chi connectivity index (χ2v) is 10.5. The van der Waals surface area contributed by atoms with Gasteiger partial charge in [-0.2, -0.15) is 31.3 Å². The van der Waals surface area contributed by atoms with Crippen LogP contribution in [0, 0.1) is 6.92 Å². The zero-order valence-corrected chi connectivity index (χ0v) is 18.4. The standard InChI is InChI=1S/C14H14N6O6S4/c1-9-12(8-20(18-9)10-2-4-11(5-3-10)30(24,25)26)16-17-13-15-14(19-28-13)27-6-7-29(21,22)23/h2-5,8H,6-7H2,1H3,(H,21,22,23)(H,24,25,26). The van der Waals surface area contributed by atoms with Crippen LogP contribution in [0.4, 0.5) is 10.8 Å². The quantitative estimate of drug-likeness (QED) is 0.271. The molecule has 16 heteroatoms. The maximum absolute atomic E-state index is 11.1. The van der Waals surface area contributed by atoms with E-state index in [0.29, 0.717) is 22.2 Å². The topological polar surface area (TPSA) is 177 Å². The largest absolute Gasteiger partial charge is 0.294 e. The van der Waals surface area contributed by atoms with Crippen LogP contribution in [-0.4, -0.2) is 56.6 Å². The smallest absolute Gasteiger partial charge is 0.286 e. The molecule has 0 saturated heterocycles. The molecule has 3 aromatic rings. The number of nitrogens with zero attached hydrogens (tertiary/aromatic N) is 6. The zero-order chi connectivity index (χ0) is 21.9. The van der Waals surface area contributed by atoms with E-state index in [4.69, 9.17) is 9.11 Å². The molecular weight excluding hydrogens is 476 g/mol. The molecule has 0 bridgehead atoms. The summed E-state index contributed by atoms with van der Waals surface area (Å²) in [5.74, 6) is -0.300. The van der Waals surface area contributed by atoms with Crippen LogP contribution in [0.5, 0.6) is 0 Å². The lowest BCUT2D eigenvalue weighted by Gasteiger charge is -2.01. The molecule has 3 rings (SSSR count). The summed E-state index contributed by atoms with van der Waals surface area (Å²) < 4.78 is 66.9. The van der Waals surface area contributed by atoms with Crippen molar-refractivity contribution in [2.75, 3.05) is 11.5 Å². The third kappa shape index (κ3) is 6.13. The average Bonchev–Trinajstić information content (AvgIpc) is 3.25. The van der Waals surface area contributed by atoms with Gasteiger partial charge in [0.05, 0.1) is 28.2 Å². The van der Waals surface area contributed by atoms with Gasteiger partial charge in [-0.3, -0.25) is 9.11 Å². The zero-order valence-electron chi connectivity index (χ0n) is 15.1. The Morgan fingerprint density at radius 3 is 2.47 bits per heavy atom. The summed E-state index contributed by atoms with van der Waals surface area (Å²) >= 11 is 2.05. The fourth-order valence-corrected chi connectivity index (χ4v) is 4.86. The van der Waals surface area contributed by atoms with E-state index >= 15 is 0 Å². The number of aryl methyl sites for hydroxylation is 1. The lowest BCUT2D eigenvalue weighted by Crippen LogP contribution is -2.05. The van der Waals surface area contributed by atoms with Crippen LogP contribution in [0.15, 0.2) is 50.7 Å². The number of aromatic nitrogens is 4. The van der Waals surface area contributed by atoms with Gasteiger partial charge in [-0.15, -0.1) is 10.2 Å². The van der Waals surface area contributed by atoms with Crippen LogP contribution in [0.25, 0.3) is 5.69 Å². The fourth-order valence-electron chi connectivity index (χ4n) is 2.09. The number of azo groups is 1. The van der Waals surface area contributed by atoms with Gasteiger partial charge in [-0.25, -0.2) is 4.68 Å². The van der Waals surface area contributed by atoms with Crippen molar-refractivity contribution >= 4 is 54.3 Å². The van der Waals surface area contributed by atoms with Gasteiger partial charge in [0.2, 0.25) is 10.3 Å². The highest BCUT2D eigenvalue weighted by Gasteiger charge is 2.12. The van der Waals surface area contributed by atoms with E-state index in [1.807, 2.05) is 0 Å². The molecule has 0 aliphatic carbocycles. The minimum absolute atomic E-state index is 0.106. The van der Waals surface area contributed by atoms with E-state index in [-0.39, 0.29) is 15.8 Å². The van der Waals surface area contributed by atoms with Crippen molar-refractivity contribution in [3.8, 4) is 5.69 Å². The van der Waals surface area contributed by atoms with Crippen LogP contribution in [-0.2, 0) is 20.2 Å². The summed E-state index contributed by atoms with van der Waals surface area (Å²) in [6.45, 7) is 1.72. The number of rotatable bonds is 8. The Morgan fingerprint density at radius 2 is 1.83 bits per heavy atom. The highest BCUT2D eigenvalue weighted by atomic mass is 32.2. The van der Waals surface area contributed by atoms with Crippen LogP contribution >= 0.6 is 23.3 Å². The van der Waals surface area contributed by atoms with Gasteiger partial charge in [-0.05, 0) is 31.2 Å². The second kappa shape index (κ2) is 8.86. The lowest BCUT2D eigenvalue weighted by molar-refractivity contribution is 0.481. The molecule has 0 aliphatic heterocycles. The van der Waals surface area contributed by atoms with Crippen LogP contribution in [0.3, 0.4) is 0 Å². The summed E-state index contributed by atoms with van der Waals surface area (Å²) in [5.41, 5.74) is 1.56. The Bertz CT molecular complexity index is 1280. The summed E-state index contributed by atoms with van der Waals surface area (Å²) in [5, 5.41) is 12.9. The molecule has 0 radical (unpaired) electrons. The molecule has 0 amide bonds. The minimum atomic E-state index is -4.27. The summed E-state index contributed by atoms with van der Waals surface area (Å²) in [6.07, 6.45) is 1.59. The normalized spacial score (nSPS) is 12.6. The maximum Gasteiger partial charge on any atom is 0.294 e. The molecule has 0 fully saturated rings. The second-order valence-electron chi connectivity index (χ2n) is 5.71. The third-order valence-electron chi connectivity index (χ3n) is 3.48. The molecular formula is C14H14N6O6S4. The summed E-state index contributed by atoms with van der Waals surface area (Å²) in [6, 6.07) is 5.48. The number of thioether (sulfide) groups is 1. The van der Waals surface area contributed by atoms with E-state index in [1.165, 1.54) is 28.9 Å². The molecule has 0 spiro atoms. The Morgan fingerprint density at radius 1 is 1.13 bits per heavy atom. The number of hydrogen-bond acceptors (Lipinski definition) is 11. The predicted molar refractivity (Wildman–Crippen MR) is 109 cm³/mol. The van der Waals surface area contributed by atoms with Crippen molar-refractivity contribution in [3.05, 3.63) is 36.2 Å². The number of benzene rings is 1. The number of hydrogen-bond donors (Lipinski definition) is 2. The molecule has 2 N–H and O–H groups in total. The molecule has 160 valence electrons. The molecule has 0 unspecified atom stereocenters. The molecule has 2 heterocycles. The van der Waals surface area contributed by atoms with Gasteiger partial charge in [-0.1, -0.05) is 11.8 Å². The fraction of sp³-hybridized carbons (Fsp3) is 0.214. The maximum atomic E-state index is 11.1. The van der Waals surface area contributed by atoms with Crippen molar-refractivity contribution in [1.82, 2.24) is 19.1 Å². The van der Waals surface area contributed by atoms with E-state index in [1.54, 1.807) is 13.1 Å². The Balaban J connectivity index is 1.69. The predicted octanol–water partition coefficient (Wildman–Crippen LogP) is 2.67. The van der Waals surface area contributed by atoms with E-state index in [2.05, 4.69) is 24.7 Å². The van der Waals surface area contributed by atoms with Crippen molar-refractivity contribution in [1.29, 1.82) is 0 Å². The SMILES string of the molecule is Cc1nn(-c2ccc(S(=O)(=O)O)cc2)cc1N=Nc1nc(SCCS(=O)(=O)O)ns1. The Hall–Kier alpha value is -2.24. The highest BCUT2D eigenvalue weighted by Crippen LogP contribution is 2.26. The molecule has 30 heavy (non-hydrogen) atoms. The minimum Gasteiger partial charge on any atom is -0.286 e.